The lowest BCUT2D eigenvalue weighted by molar-refractivity contribution is 0.237. The minimum Gasteiger partial charge on any atom is -0.313 e. The fourth-order valence-corrected chi connectivity index (χ4v) is 2.07. The smallest absolute Gasteiger partial charge is 0.253 e. The third-order valence-corrected chi connectivity index (χ3v) is 3.09. The molecule has 0 aliphatic carbocycles. The van der Waals surface area contributed by atoms with Crippen LogP contribution in [0.2, 0.25) is 0 Å². The molecule has 16 heavy (non-hydrogen) atoms. The molecule has 5 heteroatoms. The molecule has 0 amide bonds. The summed E-state index contributed by atoms with van der Waals surface area (Å²) < 4.78 is 0. The molecule has 1 saturated heterocycles. The number of aromatic nitrogens is 2. The molecule has 88 valence electrons. The molecule has 2 heterocycles. The van der Waals surface area contributed by atoms with Gasteiger partial charge in [0.05, 0.1) is 12.0 Å². The maximum absolute atomic E-state index is 11.4. The highest BCUT2D eigenvalue weighted by atomic mass is 16.1. The van der Waals surface area contributed by atoms with Gasteiger partial charge in [0, 0.05) is 37.7 Å². The Bertz CT molecular complexity index is 415. The first-order chi connectivity index (χ1) is 7.66. The summed E-state index contributed by atoms with van der Waals surface area (Å²) in [5.74, 6) is 0. The van der Waals surface area contributed by atoms with Crippen molar-refractivity contribution >= 4 is 0 Å². The quantitative estimate of drug-likeness (QED) is 0.710. The predicted octanol–water partition coefficient (Wildman–Crippen LogP) is -0.476. The maximum atomic E-state index is 11.4. The zero-order valence-corrected chi connectivity index (χ0v) is 9.79. The second kappa shape index (κ2) is 4.76. The lowest BCUT2D eigenvalue weighted by Crippen LogP contribution is -2.50. The summed E-state index contributed by atoms with van der Waals surface area (Å²) >= 11 is 0. The molecule has 1 aliphatic heterocycles. The maximum Gasteiger partial charge on any atom is 0.253 e. The van der Waals surface area contributed by atoms with Crippen molar-refractivity contribution in [2.75, 3.05) is 26.7 Å². The van der Waals surface area contributed by atoms with Crippen LogP contribution in [0.15, 0.2) is 11.1 Å². The first-order valence-electron chi connectivity index (χ1n) is 5.62. The largest absolute Gasteiger partial charge is 0.313 e. The molecule has 0 radical (unpaired) electrons. The highest BCUT2D eigenvalue weighted by Gasteiger charge is 2.18. The van der Waals surface area contributed by atoms with Gasteiger partial charge in [-0.3, -0.25) is 4.79 Å². The van der Waals surface area contributed by atoms with E-state index in [2.05, 4.69) is 27.2 Å². The Balaban J connectivity index is 2.08. The Morgan fingerprint density at radius 1 is 1.62 bits per heavy atom. The van der Waals surface area contributed by atoms with E-state index in [1.165, 1.54) is 6.33 Å². The van der Waals surface area contributed by atoms with E-state index in [0.29, 0.717) is 6.04 Å². The fourth-order valence-electron chi connectivity index (χ4n) is 2.07. The molecule has 2 N–H and O–H groups in total. The van der Waals surface area contributed by atoms with Crippen molar-refractivity contribution in [1.29, 1.82) is 0 Å². The highest BCUT2D eigenvalue weighted by molar-refractivity contribution is 5.15. The average Bonchev–Trinajstić information content (AvgIpc) is 2.25. The average molecular weight is 222 g/mol. The fraction of sp³-hybridized carbons (Fsp3) is 0.636. The summed E-state index contributed by atoms with van der Waals surface area (Å²) in [6, 6.07) is 0.395. The second-order valence-corrected chi connectivity index (χ2v) is 4.42. The Morgan fingerprint density at radius 3 is 3.19 bits per heavy atom. The van der Waals surface area contributed by atoms with Gasteiger partial charge in [0.15, 0.2) is 0 Å². The number of aromatic amines is 1. The van der Waals surface area contributed by atoms with Crippen molar-refractivity contribution in [3.8, 4) is 0 Å². The molecule has 1 aliphatic rings. The van der Waals surface area contributed by atoms with Crippen LogP contribution < -0.4 is 10.9 Å². The van der Waals surface area contributed by atoms with Gasteiger partial charge in [-0.15, -0.1) is 0 Å². The molecule has 1 aromatic rings. The van der Waals surface area contributed by atoms with Crippen molar-refractivity contribution in [3.05, 3.63) is 27.9 Å². The van der Waals surface area contributed by atoms with Crippen LogP contribution in [0, 0.1) is 6.92 Å². The van der Waals surface area contributed by atoms with Crippen molar-refractivity contribution in [3.63, 3.8) is 0 Å². The van der Waals surface area contributed by atoms with Crippen LogP contribution in [0.3, 0.4) is 0 Å². The minimum absolute atomic E-state index is 0.0332. The molecule has 5 nitrogen and oxygen atoms in total. The van der Waals surface area contributed by atoms with Crippen molar-refractivity contribution in [2.45, 2.75) is 19.4 Å². The normalized spacial score (nSPS) is 22.2. The molecule has 1 unspecified atom stereocenters. The zero-order chi connectivity index (χ0) is 11.5. The van der Waals surface area contributed by atoms with E-state index in [0.717, 1.165) is 37.3 Å². The molecule has 0 saturated carbocycles. The Kier molecular flexibility index (Phi) is 3.36. The Hall–Kier alpha value is -1.20. The van der Waals surface area contributed by atoms with Gasteiger partial charge in [0.1, 0.15) is 0 Å². The van der Waals surface area contributed by atoms with E-state index in [4.69, 9.17) is 0 Å². The molecule has 2 rings (SSSR count). The molecule has 0 bridgehead atoms. The van der Waals surface area contributed by atoms with Gasteiger partial charge in [-0.2, -0.15) is 0 Å². The van der Waals surface area contributed by atoms with Crippen LogP contribution >= 0.6 is 0 Å². The lowest BCUT2D eigenvalue weighted by Gasteiger charge is -2.30. The number of hydrogen-bond acceptors (Lipinski definition) is 4. The molecular formula is C11H18N4O. The van der Waals surface area contributed by atoms with E-state index in [1.807, 2.05) is 6.92 Å². The van der Waals surface area contributed by atoms with Crippen molar-refractivity contribution in [2.24, 2.45) is 0 Å². The van der Waals surface area contributed by atoms with E-state index in [1.54, 1.807) is 0 Å². The van der Waals surface area contributed by atoms with Crippen LogP contribution in [-0.2, 0) is 6.42 Å². The van der Waals surface area contributed by atoms with Crippen LogP contribution in [0.4, 0.5) is 0 Å². The molecule has 0 spiro atoms. The van der Waals surface area contributed by atoms with Gasteiger partial charge in [-0.25, -0.2) is 4.98 Å². The Labute approximate surface area is 94.9 Å². The third-order valence-electron chi connectivity index (χ3n) is 3.09. The molecular weight excluding hydrogens is 204 g/mol. The van der Waals surface area contributed by atoms with Gasteiger partial charge in [0.25, 0.3) is 5.56 Å². The summed E-state index contributed by atoms with van der Waals surface area (Å²) in [6.45, 7) is 4.92. The summed E-state index contributed by atoms with van der Waals surface area (Å²) in [4.78, 5) is 20.5. The number of piperazine rings is 1. The lowest BCUT2D eigenvalue weighted by atomic mass is 10.1. The molecule has 1 fully saturated rings. The van der Waals surface area contributed by atoms with E-state index < -0.39 is 0 Å². The summed E-state index contributed by atoms with van der Waals surface area (Å²) in [5.41, 5.74) is 1.60. The van der Waals surface area contributed by atoms with Gasteiger partial charge in [0.2, 0.25) is 0 Å². The van der Waals surface area contributed by atoms with Crippen molar-refractivity contribution in [1.82, 2.24) is 20.2 Å². The predicted molar refractivity (Wildman–Crippen MR) is 62.6 cm³/mol. The number of nitrogens with zero attached hydrogens (tertiary/aromatic N) is 2. The van der Waals surface area contributed by atoms with Crippen LogP contribution in [-0.4, -0.2) is 47.6 Å². The van der Waals surface area contributed by atoms with Gasteiger partial charge in [-0.1, -0.05) is 0 Å². The summed E-state index contributed by atoms with van der Waals surface area (Å²) in [7, 11) is 2.12. The summed E-state index contributed by atoms with van der Waals surface area (Å²) in [6.07, 6.45) is 2.30. The van der Waals surface area contributed by atoms with E-state index in [9.17, 15) is 4.79 Å². The monoisotopic (exact) mass is 222 g/mol. The van der Waals surface area contributed by atoms with E-state index >= 15 is 0 Å². The van der Waals surface area contributed by atoms with Gasteiger partial charge < -0.3 is 15.2 Å². The van der Waals surface area contributed by atoms with Crippen LogP contribution in [0.1, 0.15) is 11.3 Å². The standard InChI is InChI=1S/C11H18N4O/c1-8-10(13-7-14-11(8)16)5-9-6-15(2)4-3-12-9/h7,9,12H,3-6H2,1-2H3,(H,13,14,16). The van der Waals surface area contributed by atoms with Gasteiger partial charge >= 0.3 is 0 Å². The number of hydrogen-bond donors (Lipinski definition) is 2. The number of nitrogens with one attached hydrogen (secondary N) is 2. The minimum atomic E-state index is -0.0332. The second-order valence-electron chi connectivity index (χ2n) is 4.42. The van der Waals surface area contributed by atoms with E-state index in [-0.39, 0.29) is 5.56 Å². The van der Waals surface area contributed by atoms with Crippen molar-refractivity contribution < 1.29 is 0 Å². The first kappa shape index (κ1) is 11.3. The molecule has 0 aromatic carbocycles. The highest BCUT2D eigenvalue weighted by Crippen LogP contribution is 2.05. The topological polar surface area (TPSA) is 61.0 Å². The number of rotatable bonds is 2. The first-order valence-corrected chi connectivity index (χ1v) is 5.62. The number of likely N-dealkylation sites (N-methyl/N-ethyl adjacent to an activating group) is 1. The Morgan fingerprint density at radius 2 is 2.44 bits per heavy atom. The van der Waals surface area contributed by atoms with Gasteiger partial charge in [-0.05, 0) is 14.0 Å². The molecule has 1 aromatic heterocycles. The number of H-pyrrole nitrogens is 1. The SMILES string of the molecule is Cc1c(CC2CN(C)CCN2)nc[nH]c1=O. The molecule has 1 atom stereocenters. The van der Waals surface area contributed by atoms with Crippen LogP contribution in [0.5, 0.6) is 0 Å². The van der Waals surface area contributed by atoms with Crippen LogP contribution in [0.25, 0.3) is 0 Å². The summed E-state index contributed by atoms with van der Waals surface area (Å²) in [5, 5.41) is 3.45. The third kappa shape index (κ3) is 2.48. The zero-order valence-electron chi connectivity index (χ0n) is 9.79.